The zero-order chi connectivity index (χ0) is 10.7. The highest BCUT2D eigenvalue weighted by molar-refractivity contribution is 5.49. The van der Waals surface area contributed by atoms with Crippen LogP contribution in [-0.4, -0.2) is 18.8 Å². The standard InChI is InChI=1S/C12H14N2O/c1-10-3-2-4-11(7-10)14-12(8-13)5-6-15-9-12/h2-4,7,14H,5-6,9H2,1H3. The fraction of sp³-hybridized carbons (Fsp3) is 0.417. The summed E-state index contributed by atoms with van der Waals surface area (Å²) in [5.41, 5.74) is 1.64. The first-order chi connectivity index (χ1) is 7.24. The lowest BCUT2D eigenvalue weighted by molar-refractivity contribution is 0.189. The lowest BCUT2D eigenvalue weighted by Crippen LogP contribution is -2.36. The third-order valence-corrected chi connectivity index (χ3v) is 2.64. The first-order valence-electron chi connectivity index (χ1n) is 5.08. The van der Waals surface area contributed by atoms with E-state index in [1.807, 2.05) is 31.2 Å². The van der Waals surface area contributed by atoms with Crippen LogP contribution in [0.4, 0.5) is 5.69 Å². The predicted octanol–water partition coefficient (Wildman–Crippen LogP) is 2.09. The summed E-state index contributed by atoms with van der Waals surface area (Å²) in [6.07, 6.45) is 0.747. The van der Waals surface area contributed by atoms with E-state index in [2.05, 4.69) is 11.4 Å². The fourth-order valence-corrected chi connectivity index (χ4v) is 1.78. The molecule has 0 amide bonds. The second-order valence-electron chi connectivity index (χ2n) is 3.99. The van der Waals surface area contributed by atoms with Crippen LogP contribution >= 0.6 is 0 Å². The average molecular weight is 202 g/mol. The van der Waals surface area contributed by atoms with Crippen LogP contribution in [0, 0.1) is 18.3 Å². The number of nitrogens with one attached hydrogen (secondary N) is 1. The van der Waals surface area contributed by atoms with Crippen molar-refractivity contribution in [2.45, 2.75) is 18.9 Å². The highest BCUT2D eigenvalue weighted by Gasteiger charge is 2.34. The highest BCUT2D eigenvalue weighted by atomic mass is 16.5. The first kappa shape index (κ1) is 10.0. The monoisotopic (exact) mass is 202 g/mol. The van der Waals surface area contributed by atoms with Gasteiger partial charge >= 0.3 is 0 Å². The molecule has 0 radical (unpaired) electrons. The Labute approximate surface area is 89.7 Å². The van der Waals surface area contributed by atoms with E-state index in [0.717, 1.165) is 12.1 Å². The van der Waals surface area contributed by atoms with E-state index < -0.39 is 5.54 Å². The first-order valence-corrected chi connectivity index (χ1v) is 5.08. The largest absolute Gasteiger partial charge is 0.378 e. The van der Waals surface area contributed by atoms with Crippen LogP contribution in [0.5, 0.6) is 0 Å². The van der Waals surface area contributed by atoms with Crippen LogP contribution < -0.4 is 5.32 Å². The Balaban J connectivity index is 2.17. The van der Waals surface area contributed by atoms with Crippen LogP contribution in [-0.2, 0) is 4.74 Å². The summed E-state index contributed by atoms with van der Waals surface area (Å²) in [4.78, 5) is 0. The van der Waals surface area contributed by atoms with Crippen molar-refractivity contribution in [1.82, 2.24) is 0 Å². The normalized spacial score (nSPS) is 24.8. The van der Waals surface area contributed by atoms with Gasteiger partial charge in [0.1, 0.15) is 0 Å². The molecule has 1 aliphatic rings. The lowest BCUT2D eigenvalue weighted by atomic mass is 10.0. The molecule has 78 valence electrons. The second-order valence-corrected chi connectivity index (χ2v) is 3.99. The van der Waals surface area contributed by atoms with Crippen molar-refractivity contribution in [3.63, 3.8) is 0 Å². The summed E-state index contributed by atoms with van der Waals surface area (Å²) in [6.45, 7) is 3.17. The maximum absolute atomic E-state index is 9.15. The number of benzene rings is 1. The Morgan fingerprint density at radius 2 is 2.40 bits per heavy atom. The van der Waals surface area contributed by atoms with Crippen LogP contribution in [0.15, 0.2) is 24.3 Å². The Kier molecular flexibility index (Phi) is 2.61. The summed E-state index contributed by atoms with van der Waals surface area (Å²) < 4.78 is 5.27. The van der Waals surface area contributed by atoms with Crippen LogP contribution in [0.25, 0.3) is 0 Å². The van der Waals surface area contributed by atoms with Crippen molar-refractivity contribution in [2.75, 3.05) is 18.5 Å². The molecule has 0 saturated carbocycles. The van der Waals surface area contributed by atoms with Gasteiger partial charge in [0, 0.05) is 12.1 Å². The van der Waals surface area contributed by atoms with Crippen molar-refractivity contribution < 1.29 is 4.74 Å². The molecule has 1 aromatic rings. The number of rotatable bonds is 2. The van der Waals surface area contributed by atoms with Gasteiger partial charge in [0.25, 0.3) is 0 Å². The molecule has 1 heterocycles. The molecule has 3 nitrogen and oxygen atoms in total. The van der Waals surface area contributed by atoms with Gasteiger partial charge in [-0.15, -0.1) is 0 Å². The molecule has 0 bridgehead atoms. The molecule has 0 aliphatic carbocycles. The number of hydrogen-bond donors (Lipinski definition) is 1. The van der Waals surface area contributed by atoms with Crippen LogP contribution in [0.1, 0.15) is 12.0 Å². The summed E-state index contributed by atoms with van der Waals surface area (Å²) in [6, 6.07) is 10.3. The number of nitrogens with zero attached hydrogens (tertiary/aromatic N) is 1. The topological polar surface area (TPSA) is 45.0 Å². The van der Waals surface area contributed by atoms with E-state index in [9.17, 15) is 0 Å². The number of hydrogen-bond acceptors (Lipinski definition) is 3. The van der Waals surface area contributed by atoms with Gasteiger partial charge in [0.2, 0.25) is 0 Å². The molecule has 0 spiro atoms. The van der Waals surface area contributed by atoms with Crippen LogP contribution in [0.2, 0.25) is 0 Å². The minimum absolute atomic E-state index is 0.470. The van der Waals surface area contributed by atoms with Crippen molar-refractivity contribution >= 4 is 5.69 Å². The van der Waals surface area contributed by atoms with Gasteiger partial charge in [0.15, 0.2) is 5.54 Å². The Hall–Kier alpha value is -1.53. The lowest BCUT2D eigenvalue weighted by Gasteiger charge is -2.21. The summed E-state index contributed by atoms with van der Waals surface area (Å²) in [7, 11) is 0. The van der Waals surface area contributed by atoms with Crippen LogP contribution in [0.3, 0.4) is 0 Å². The molecular formula is C12H14N2O. The zero-order valence-corrected chi connectivity index (χ0v) is 8.79. The fourth-order valence-electron chi connectivity index (χ4n) is 1.78. The summed E-state index contributed by atoms with van der Waals surface area (Å²) in [5.74, 6) is 0. The van der Waals surface area contributed by atoms with Gasteiger partial charge in [-0.2, -0.15) is 5.26 Å². The second kappa shape index (κ2) is 3.92. The van der Waals surface area contributed by atoms with Gasteiger partial charge in [-0.1, -0.05) is 12.1 Å². The zero-order valence-electron chi connectivity index (χ0n) is 8.79. The van der Waals surface area contributed by atoms with Crippen molar-refractivity contribution in [3.05, 3.63) is 29.8 Å². The molecule has 3 heteroatoms. The van der Waals surface area contributed by atoms with E-state index in [4.69, 9.17) is 10.00 Å². The molecule has 1 unspecified atom stereocenters. The number of ether oxygens (including phenoxy) is 1. The van der Waals surface area contributed by atoms with Gasteiger partial charge in [0.05, 0.1) is 19.3 Å². The van der Waals surface area contributed by atoms with Crippen molar-refractivity contribution in [1.29, 1.82) is 5.26 Å². The molecule has 1 saturated heterocycles. The SMILES string of the molecule is Cc1cccc(NC2(C#N)CCOC2)c1. The molecule has 0 aromatic heterocycles. The molecule has 15 heavy (non-hydrogen) atoms. The molecule has 1 aromatic carbocycles. The maximum atomic E-state index is 9.15. The summed E-state index contributed by atoms with van der Waals surface area (Å²) in [5, 5.41) is 12.4. The van der Waals surface area contributed by atoms with E-state index >= 15 is 0 Å². The van der Waals surface area contributed by atoms with Gasteiger partial charge in [-0.3, -0.25) is 0 Å². The summed E-state index contributed by atoms with van der Waals surface area (Å²) >= 11 is 0. The van der Waals surface area contributed by atoms with E-state index in [1.165, 1.54) is 5.56 Å². The quantitative estimate of drug-likeness (QED) is 0.798. The number of anilines is 1. The molecule has 1 N–H and O–H groups in total. The number of nitriles is 1. The molecule has 1 atom stereocenters. The van der Waals surface area contributed by atoms with Crippen molar-refractivity contribution in [2.24, 2.45) is 0 Å². The molecule has 1 aliphatic heterocycles. The average Bonchev–Trinajstić information content (AvgIpc) is 2.67. The third kappa shape index (κ3) is 2.11. The van der Waals surface area contributed by atoms with E-state index in [-0.39, 0.29) is 0 Å². The predicted molar refractivity (Wildman–Crippen MR) is 58.6 cm³/mol. The van der Waals surface area contributed by atoms with E-state index in [0.29, 0.717) is 13.2 Å². The van der Waals surface area contributed by atoms with E-state index in [1.54, 1.807) is 0 Å². The molecule has 1 fully saturated rings. The molecule has 2 rings (SSSR count). The van der Waals surface area contributed by atoms with Gasteiger partial charge in [-0.25, -0.2) is 0 Å². The Bertz CT molecular complexity index is 389. The highest BCUT2D eigenvalue weighted by Crippen LogP contribution is 2.24. The van der Waals surface area contributed by atoms with Gasteiger partial charge < -0.3 is 10.1 Å². The smallest absolute Gasteiger partial charge is 0.151 e. The minimum Gasteiger partial charge on any atom is -0.378 e. The number of aryl methyl sites for hydroxylation is 1. The maximum Gasteiger partial charge on any atom is 0.151 e. The Morgan fingerprint density at radius 3 is 3.00 bits per heavy atom. The minimum atomic E-state index is -0.534. The Morgan fingerprint density at radius 1 is 1.53 bits per heavy atom. The molecular weight excluding hydrogens is 188 g/mol. The van der Waals surface area contributed by atoms with Gasteiger partial charge in [-0.05, 0) is 24.6 Å². The third-order valence-electron chi connectivity index (χ3n) is 2.64. The van der Waals surface area contributed by atoms with Crippen molar-refractivity contribution in [3.8, 4) is 6.07 Å².